The number of nitrogens with zero attached hydrogens (tertiary/aromatic N) is 3. The van der Waals surface area contributed by atoms with Crippen LogP contribution in [0.15, 0.2) is 6.33 Å². The number of carboxylic acids is 2. The zero-order valence-corrected chi connectivity index (χ0v) is 13.7. The summed E-state index contributed by atoms with van der Waals surface area (Å²) >= 11 is 0. The van der Waals surface area contributed by atoms with Crippen LogP contribution in [0.2, 0.25) is 0 Å². The molecular formula is C12H16F6N4O5. The minimum Gasteiger partial charge on any atom is -0.475 e. The van der Waals surface area contributed by atoms with Crippen molar-refractivity contribution in [2.24, 2.45) is 0 Å². The Morgan fingerprint density at radius 1 is 1.19 bits per heavy atom. The number of alkyl halides is 6. The average Bonchev–Trinajstić information content (AvgIpc) is 2.90. The van der Waals surface area contributed by atoms with E-state index >= 15 is 0 Å². The van der Waals surface area contributed by atoms with Gasteiger partial charge in [0.25, 0.3) is 0 Å². The molecule has 156 valence electrons. The van der Waals surface area contributed by atoms with Crippen LogP contribution in [0.25, 0.3) is 0 Å². The number of aliphatic carboxylic acids is 2. The number of carboxylic acid groups (broad SMARTS) is 2. The highest BCUT2D eigenvalue weighted by molar-refractivity contribution is 5.73. The van der Waals surface area contributed by atoms with Crippen molar-refractivity contribution < 1.29 is 50.9 Å². The van der Waals surface area contributed by atoms with Gasteiger partial charge in [-0.2, -0.15) is 26.3 Å². The fourth-order valence-corrected chi connectivity index (χ4v) is 1.41. The van der Waals surface area contributed by atoms with Crippen molar-refractivity contribution in [2.75, 3.05) is 26.8 Å². The molecule has 3 N–H and O–H groups in total. The van der Waals surface area contributed by atoms with Gasteiger partial charge < -0.3 is 24.8 Å². The normalized spacial score (nSPS) is 14.2. The molecule has 1 fully saturated rings. The van der Waals surface area contributed by atoms with Gasteiger partial charge in [0.2, 0.25) is 0 Å². The molecule has 0 aliphatic carbocycles. The maximum Gasteiger partial charge on any atom is 0.490 e. The Kier molecular flexibility index (Phi) is 9.71. The molecule has 0 atom stereocenters. The second-order valence-corrected chi connectivity index (χ2v) is 4.84. The molecule has 1 aliphatic heterocycles. The molecule has 1 aliphatic rings. The van der Waals surface area contributed by atoms with Crippen LogP contribution in [0.4, 0.5) is 26.3 Å². The Morgan fingerprint density at radius 3 is 1.93 bits per heavy atom. The van der Waals surface area contributed by atoms with E-state index in [-0.39, 0.29) is 0 Å². The molecule has 1 aromatic heterocycles. The maximum absolute atomic E-state index is 10.6. The van der Waals surface area contributed by atoms with E-state index in [0.717, 1.165) is 25.5 Å². The lowest BCUT2D eigenvalue weighted by atomic mass is 10.0. The highest BCUT2D eigenvalue weighted by atomic mass is 19.4. The number of halogens is 6. The summed E-state index contributed by atoms with van der Waals surface area (Å²) in [6.07, 6.45) is -8.40. The summed E-state index contributed by atoms with van der Waals surface area (Å²) in [7, 11) is 1.70. The summed E-state index contributed by atoms with van der Waals surface area (Å²) in [6, 6.07) is 0. The van der Waals surface area contributed by atoms with Gasteiger partial charge in [-0.15, -0.1) is 10.2 Å². The highest BCUT2D eigenvalue weighted by Crippen LogP contribution is 2.16. The van der Waals surface area contributed by atoms with E-state index in [1.807, 2.05) is 0 Å². The summed E-state index contributed by atoms with van der Waals surface area (Å²) in [5.41, 5.74) is 0. The van der Waals surface area contributed by atoms with E-state index in [1.54, 1.807) is 13.4 Å². The third-order valence-corrected chi connectivity index (χ3v) is 2.81. The highest BCUT2D eigenvalue weighted by Gasteiger charge is 2.38. The molecule has 0 saturated carbocycles. The number of ether oxygens (including phenoxy) is 1. The molecule has 2 rings (SSSR count). The van der Waals surface area contributed by atoms with Gasteiger partial charge >= 0.3 is 24.3 Å². The number of hydrogen-bond acceptors (Lipinski definition) is 6. The summed E-state index contributed by atoms with van der Waals surface area (Å²) < 4.78 is 70.5. The van der Waals surface area contributed by atoms with Crippen molar-refractivity contribution >= 4 is 11.9 Å². The van der Waals surface area contributed by atoms with E-state index in [9.17, 15) is 26.3 Å². The molecule has 0 amide bonds. The number of methoxy groups -OCH3 is 1. The van der Waals surface area contributed by atoms with Gasteiger partial charge in [0.05, 0.1) is 6.61 Å². The van der Waals surface area contributed by atoms with Crippen molar-refractivity contribution in [1.29, 1.82) is 0 Å². The summed E-state index contributed by atoms with van der Waals surface area (Å²) in [6.45, 7) is 3.60. The lowest BCUT2D eigenvalue weighted by molar-refractivity contribution is -0.193. The van der Waals surface area contributed by atoms with E-state index < -0.39 is 24.3 Å². The quantitative estimate of drug-likeness (QED) is 0.625. The Bertz CT molecular complexity index is 576. The molecule has 15 heteroatoms. The Labute approximate surface area is 147 Å². The minimum absolute atomic E-state index is 0.541. The molecular weight excluding hydrogens is 394 g/mol. The topological polar surface area (TPSA) is 127 Å². The zero-order chi connectivity index (χ0) is 21.3. The van der Waals surface area contributed by atoms with Crippen molar-refractivity contribution in [3.8, 4) is 0 Å². The van der Waals surface area contributed by atoms with E-state index in [0.29, 0.717) is 12.5 Å². The SMILES string of the molecule is COCCn1cnnc1C1CNC1.O=C(O)C(F)(F)F.O=C(O)C(F)(F)F. The average molecular weight is 410 g/mol. The van der Waals surface area contributed by atoms with Crippen molar-refractivity contribution in [3.05, 3.63) is 12.2 Å². The molecule has 1 aromatic rings. The predicted molar refractivity (Wildman–Crippen MR) is 74.9 cm³/mol. The van der Waals surface area contributed by atoms with Crippen molar-refractivity contribution in [1.82, 2.24) is 20.1 Å². The molecule has 2 heterocycles. The Morgan fingerprint density at radius 2 is 1.63 bits per heavy atom. The van der Waals surface area contributed by atoms with Gasteiger partial charge in [-0.25, -0.2) is 9.59 Å². The van der Waals surface area contributed by atoms with Gasteiger partial charge in [0, 0.05) is 32.7 Å². The smallest absolute Gasteiger partial charge is 0.475 e. The van der Waals surface area contributed by atoms with Crippen LogP contribution in [-0.2, 0) is 20.9 Å². The summed E-state index contributed by atoms with van der Waals surface area (Å²) in [5, 5.41) is 25.5. The Hall–Kier alpha value is -2.42. The van der Waals surface area contributed by atoms with Crippen LogP contribution in [0.3, 0.4) is 0 Å². The van der Waals surface area contributed by atoms with Crippen molar-refractivity contribution in [3.63, 3.8) is 0 Å². The lowest BCUT2D eigenvalue weighted by Crippen LogP contribution is -2.41. The van der Waals surface area contributed by atoms with Crippen LogP contribution in [-0.4, -0.2) is 76.1 Å². The maximum atomic E-state index is 10.6. The van der Waals surface area contributed by atoms with Crippen LogP contribution in [0.1, 0.15) is 11.7 Å². The van der Waals surface area contributed by atoms with Crippen LogP contribution < -0.4 is 5.32 Å². The molecule has 1 saturated heterocycles. The summed E-state index contributed by atoms with van der Waals surface area (Å²) in [4.78, 5) is 17.8. The number of hydrogen-bond donors (Lipinski definition) is 3. The van der Waals surface area contributed by atoms with Gasteiger partial charge in [-0.3, -0.25) is 0 Å². The van der Waals surface area contributed by atoms with Crippen LogP contribution >= 0.6 is 0 Å². The molecule has 27 heavy (non-hydrogen) atoms. The van der Waals surface area contributed by atoms with Gasteiger partial charge in [-0.05, 0) is 0 Å². The van der Waals surface area contributed by atoms with E-state index in [2.05, 4.69) is 20.1 Å². The largest absolute Gasteiger partial charge is 0.490 e. The van der Waals surface area contributed by atoms with Gasteiger partial charge in [0.1, 0.15) is 12.2 Å². The second-order valence-electron chi connectivity index (χ2n) is 4.84. The van der Waals surface area contributed by atoms with Gasteiger partial charge in [0.15, 0.2) is 0 Å². The third kappa shape index (κ3) is 9.74. The monoisotopic (exact) mass is 410 g/mol. The molecule has 9 nitrogen and oxygen atoms in total. The molecule has 0 spiro atoms. The van der Waals surface area contributed by atoms with Crippen LogP contribution in [0.5, 0.6) is 0 Å². The van der Waals surface area contributed by atoms with E-state index in [1.165, 1.54) is 0 Å². The molecule has 0 aromatic carbocycles. The summed E-state index contributed by atoms with van der Waals surface area (Å²) in [5.74, 6) is -3.89. The van der Waals surface area contributed by atoms with E-state index in [4.69, 9.17) is 24.5 Å². The fourth-order valence-electron chi connectivity index (χ4n) is 1.41. The molecule has 0 radical (unpaired) electrons. The first kappa shape index (κ1) is 24.6. The first-order chi connectivity index (χ1) is 12.3. The Balaban J connectivity index is 0.000000416. The number of nitrogens with one attached hydrogen (secondary N) is 1. The van der Waals surface area contributed by atoms with Gasteiger partial charge in [-0.1, -0.05) is 0 Å². The number of rotatable bonds is 4. The lowest BCUT2D eigenvalue weighted by Gasteiger charge is -2.26. The number of carbonyl (C=O) groups is 2. The molecule has 0 unspecified atom stereocenters. The number of aromatic nitrogens is 3. The van der Waals surface area contributed by atoms with Crippen molar-refractivity contribution in [2.45, 2.75) is 24.8 Å². The minimum atomic E-state index is -5.08. The second kappa shape index (κ2) is 10.7. The first-order valence-corrected chi connectivity index (χ1v) is 6.98. The predicted octanol–water partition coefficient (Wildman–Crippen LogP) is 0.878. The van der Waals surface area contributed by atoms with Crippen LogP contribution in [0, 0.1) is 0 Å². The molecule has 0 bridgehead atoms. The fraction of sp³-hybridized carbons (Fsp3) is 0.667. The third-order valence-electron chi connectivity index (χ3n) is 2.81. The zero-order valence-electron chi connectivity index (χ0n) is 13.7. The first-order valence-electron chi connectivity index (χ1n) is 6.98. The standard InChI is InChI=1S/C8H14N4O.2C2HF3O2/c1-13-3-2-12-6-10-11-8(12)7-4-9-5-7;2*3-2(4,5)1(6)7/h6-7,9H,2-5H2,1H3;2*(H,6,7).